The molecule has 4 aromatic rings. The fourth-order valence-corrected chi connectivity index (χ4v) is 5.03. The molecule has 8 heteroatoms. The fraction of sp³-hybridized carbons (Fsp3) is 0.379. The maximum Gasteiger partial charge on any atom is 0.222 e. The van der Waals surface area contributed by atoms with Crippen LogP contribution in [0, 0.1) is 5.92 Å². The highest BCUT2D eigenvalue weighted by Crippen LogP contribution is 2.33. The number of H-pyrrole nitrogens is 1. The summed E-state index contributed by atoms with van der Waals surface area (Å²) in [6.07, 6.45) is 7.49. The number of methoxy groups -OCH3 is 1. The maximum absolute atomic E-state index is 12.4. The molecule has 190 valence electrons. The molecule has 1 aromatic carbocycles. The minimum atomic E-state index is 0.340. The summed E-state index contributed by atoms with van der Waals surface area (Å²) >= 11 is 0. The van der Waals surface area contributed by atoms with E-state index in [1.807, 2.05) is 29.3 Å². The molecule has 0 unspecified atom stereocenters. The third-order valence-electron chi connectivity index (χ3n) is 7.33. The second-order valence-corrected chi connectivity index (χ2v) is 10.1. The Balaban J connectivity index is 1.09. The van der Waals surface area contributed by atoms with Gasteiger partial charge in [-0.2, -0.15) is 0 Å². The standard InChI is InChI=1S/C29H32N6O2/c1-37-28-17-23(7-9-31-28)22-4-5-25-26(16-22)33-27(32-25)18-24-14-21(6-8-30-24)19-34-10-12-35(13-11-34)29(36)15-20-2-3-20/h4-9,14,16-17,20H,2-3,10-13,15,18-19H2,1H3,(H,32,33). The number of aromatic nitrogens is 4. The lowest BCUT2D eigenvalue weighted by Crippen LogP contribution is -2.48. The van der Waals surface area contributed by atoms with Gasteiger partial charge in [0.1, 0.15) is 5.82 Å². The van der Waals surface area contributed by atoms with Gasteiger partial charge >= 0.3 is 0 Å². The molecule has 0 atom stereocenters. The van der Waals surface area contributed by atoms with Crippen LogP contribution in [-0.2, 0) is 17.8 Å². The molecular formula is C29H32N6O2. The van der Waals surface area contributed by atoms with E-state index in [2.05, 4.69) is 44.1 Å². The highest BCUT2D eigenvalue weighted by molar-refractivity contribution is 5.82. The maximum atomic E-state index is 12.4. The van der Waals surface area contributed by atoms with E-state index in [0.29, 0.717) is 24.1 Å². The molecule has 1 N–H and O–H groups in total. The minimum Gasteiger partial charge on any atom is -0.481 e. The predicted octanol–water partition coefficient (Wildman–Crippen LogP) is 4.06. The number of amides is 1. The first-order valence-corrected chi connectivity index (χ1v) is 13.1. The second-order valence-electron chi connectivity index (χ2n) is 10.1. The van der Waals surface area contributed by atoms with Gasteiger partial charge in [-0.15, -0.1) is 0 Å². The number of carbonyl (C=O) groups excluding carboxylic acids is 1. The summed E-state index contributed by atoms with van der Waals surface area (Å²) in [5, 5.41) is 0. The van der Waals surface area contributed by atoms with Gasteiger partial charge in [0, 0.05) is 69.7 Å². The lowest BCUT2D eigenvalue weighted by molar-refractivity contribution is -0.133. The van der Waals surface area contributed by atoms with E-state index in [1.165, 1.54) is 18.4 Å². The summed E-state index contributed by atoms with van der Waals surface area (Å²) < 4.78 is 5.26. The van der Waals surface area contributed by atoms with Crippen molar-refractivity contribution in [2.75, 3.05) is 33.3 Å². The van der Waals surface area contributed by atoms with E-state index in [-0.39, 0.29) is 0 Å². The van der Waals surface area contributed by atoms with Crippen molar-refractivity contribution in [3.05, 3.63) is 71.9 Å². The number of aromatic amines is 1. The molecule has 4 heterocycles. The van der Waals surface area contributed by atoms with E-state index in [9.17, 15) is 4.79 Å². The highest BCUT2D eigenvalue weighted by Gasteiger charge is 2.28. The number of carbonyl (C=O) groups is 1. The quantitative estimate of drug-likeness (QED) is 0.396. The molecule has 0 spiro atoms. The summed E-state index contributed by atoms with van der Waals surface area (Å²) in [7, 11) is 1.62. The summed E-state index contributed by atoms with van der Waals surface area (Å²) in [5.41, 5.74) is 6.30. The number of hydrogen-bond acceptors (Lipinski definition) is 6. The summed E-state index contributed by atoms with van der Waals surface area (Å²) in [6, 6.07) is 14.4. The van der Waals surface area contributed by atoms with Gasteiger partial charge in [-0.25, -0.2) is 9.97 Å². The molecule has 3 aromatic heterocycles. The van der Waals surface area contributed by atoms with Crippen LogP contribution in [0.1, 0.15) is 36.3 Å². The van der Waals surface area contributed by atoms with E-state index in [4.69, 9.17) is 9.72 Å². The van der Waals surface area contributed by atoms with Gasteiger partial charge in [-0.1, -0.05) is 6.07 Å². The van der Waals surface area contributed by atoms with Crippen LogP contribution >= 0.6 is 0 Å². The SMILES string of the molecule is COc1cc(-c2ccc3nc(Cc4cc(CN5CCN(C(=O)CC6CC6)CC5)ccn4)[nH]c3c2)ccn1. The summed E-state index contributed by atoms with van der Waals surface area (Å²) in [5.74, 6) is 2.48. The Morgan fingerprint density at radius 3 is 2.62 bits per heavy atom. The summed E-state index contributed by atoms with van der Waals surface area (Å²) in [4.78, 5) is 33.9. The summed E-state index contributed by atoms with van der Waals surface area (Å²) in [6.45, 7) is 4.37. The molecule has 2 fully saturated rings. The van der Waals surface area contributed by atoms with Gasteiger partial charge in [0.25, 0.3) is 0 Å². The van der Waals surface area contributed by atoms with Crippen LogP contribution in [0.3, 0.4) is 0 Å². The molecule has 37 heavy (non-hydrogen) atoms. The Bertz CT molecular complexity index is 1400. The highest BCUT2D eigenvalue weighted by atomic mass is 16.5. The number of imidazole rings is 1. The Kier molecular flexibility index (Phi) is 6.57. The Morgan fingerprint density at radius 2 is 1.81 bits per heavy atom. The molecule has 2 aliphatic rings. The largest absolute Gasteiger partial charge is 0.481 e. The van der Waals surface area contributed by atoms with Crippen LogP contribution in [0.2, 0.25) is 0 Å². The topological polar surface area (TPSA) is 87.2 Å². The zero-order chi connectivity index (χ0) is 25.2. The van der Waals surface area contributed by atoms with Crippen molar-refractivity contribution >= 4 is 16.9 Å². The number of nitrogens with one attached hydrogen (secondary N) is 1. The molecular weight excluding hydrogens is 464 g/mol. The van der Waals surface area contributed by atoms with Crippen LogP contribution < -0.4 is 4.74 Å². The number of fused-ring (bicyclic) bond motifs is 1. The van der Waals surface area contributed by atoms with Crippen molar-refractivity contribution in [1.82, 2.24) is 29.7 Å². The Labute approximate surface area is 216 Å². The lowest BCUT2D eigenvalue weighted by Gasteiger charge is -2.35. The zero-order valence-electron chi connectivity index (χ0n) is 21.2. The molecule has 1 aliphatic heterocycles. The van der Waals surface area contributed by atoms with E-state index in [0.717, 1.165) is 72.8 Å². The number of ether oxygens (including phenoxy) is 1. The van der Waals surface area contributed by atoms with Crippen molar-refractivity contribution < 1.29 is 9.53 Å². The van der Waals surface area contributed by atoms with Crippen LogP contribution in [0.25, 0.3) is 22.2 Å². The molecule has 6 rings (SSSR count). The lowest BCUT2D eigenvalue weighted by atomic mass is 10.1. The first-order chi connectivity index (χ1) is 18.1. The van der Waals surface area contributed by atoms with Crippen molar-refractivity contribution in [1.29, 1.82) is 0 Å². The Morgan fingerprint density at radius 1 is 1.00 bits per heavy atom. The van der Waals surface area contributed by atoms with Gasteiger partial charge in [0.05, 0.1) is 18.1 Å². The average molecular weight is 497 g/mol. The fourth-order valence-electron chi connectivity index (χ4n) is 5.03. The smallest absolute Gasteiger partial charge is 0.222 e. The third kappa shape index (κ3) is 5.64. The van der Waals surface area contributed by atoms with Crippen LogP contribution in [0.5, 0.6) is 5.88 Å². The molecule has 1 saturated carbocycles. The van der Waals surface area contributed by atoms with Gasteiger partial charge in [0.2, 0.25) is 11.8 Å². The monoisotopic (exact) mass is 496 g/mol. The number of nitrogens with zero attached hydrogens (tertiary/aromatic N) is 5. The van der Waals surface area contributed by atoms with Gasteiger partial charge in [-0.3, -0.25) is 14.7 Å². The molecule has 8 nitrogen and oxygen atoms in total. The van der Waals surface area contributed by atoms with E-state index >= 15 is 0 Å². The van der Waals surface area contributed by atoms with Crippen LogP contribution in [0.15, 0.2) is 54.9 Å². The van der Waals surface area contributed by atoms with Gasteiger partial charge in [0.15, 0.2) is 0 Å². The number of rotatable bonds is 8. The predicted molar refractivity (Wildman–Crippen MR) is 142 cm³/mol. The Hall–Kier alpha value is -3.78. The van der Waals surface area contributed by atoms with Crippen molar-refractivity contribution in [2.24, 2.45) is 5.92 Å². The normalized spacial score (nSPS) is 16.3. The van der Waals surface area contributed by atoms with Gasteiger partial charge in [-0.05, 0) is 65.8 Å². The molecule has 0 bridgehead atoms. The van der Waals surface area contributed by atoms with Crippen molar-refractivity contribution in [3.63, 3.8) is 0 Å². The molecule has 1 aliphatic carbocycles. The van der Waals surface area contributed by atoms with E-state index in [1.54, 1.807) is 13.3 Å². The number of pyridine rings is 2. The van der Waals surface area contributed by atoms with Crippen LogP contribution in [0.4, 0.5) is 0 Å². The second kappa shape index (κ2) is 10.3. The average Bonchev–Trinajstić information content (AvgIpc) is 3.65. The van der Waals surface area contributed by atoms with Crippen molar-refractivity contribution in [3.8, 4) is 17.0 Å². The van der Waals surface area contributed by atoms with E-state index < -0.39 is 0 Å². The molecule has 1 amide bonds. The first kappa shape index (κ1) is 23.6. The number of benzene rings is 1. The first-order valence-electron chi connectivity index (χ1n) is 13.1. The molecule has 1 saturated heterocycles. The molecule has 0 radical (unpaired) electrons. The number of piperazine rings is 1. The number of hydrogen-bond donors (Lipinski definition) is 1. The minimum absolute atomic E-state index is 0.340. The van der Waals surface area contributed by atoms with Crippen molar-refractivity contribution in [2.45, 2.75) is 32.2 Å². The zero-order valence-corrected chi connectivity index (χ0v) is 21.2. The van der Waals surface area contributed by atoms with Gasteiger partial charge < -0.3 is 14.6 Å². The van der Waals surface area contributed by atoms with Crippen LogP contribution in [-0.4, -0.2) is 68.9 Å². The third-order valence-corrected chi connectivity index (χ3v) is 7.33.